The van der Waals surface area contributed by atoms with Crippen LogP contribution in [0.2, 0.25) is 0 Å². The summed E-state index contributed by atoms with van der Waals surface area (Å²) in [4.78, 5) is 0. The van der Waals surface area contributed by atoms with Gasteiger partial charge in [-0.15, -0.1) is 0 Å². The SMILES string of the molecule is CC(C)(C)c1cccc2c(B3OC(C)(C)C(C)(C)O3)cccc12. The van der Waals surface area contributed by atoms with Gasteiger partial charge >= 0.3 is 7.12 Å². The Kier molecular flexibility index (Phi) is 3.66. The summed E-state index contributed by atoms with van der Waals surface area (Å²) in [5.41, 5.74) is 1.94. The van der Waals surface area contributed by atoms with E-state index in [0.717, 1.165) is 5.46 Å². The molecule has 2 aromatic rings. The predicted molar refractivity (Wildman–Crippen MR) is 98.4 cm³/mol. The highest BCUT2D eigenvalue weighted by atomic mass is 16.7. The van der Waals surface area contributed by atoms with Gasteiger partial charge in [-0.2, -0.15) is 0 Å². The normalized spacial score (nSPS) is 20.2. The van der Waals surface area contributed by atoms with Crippen molar-refractivity contribution >= 4 is 23.4 Å². The quantitative estimate of drug-likeness (QED) is 0.725. The molecule has 0 spiro atoms. The van der Waals surface area contributed by atoms with Crippen molar-refractivity contribution in [3.05, 3.63) is 42.0 Å². The molecule has 122 valence electrons. The highest BCUT2D eigenvalue weighted by Gasteiger charge is 2.52. The summed E-state index contributed by atoms with van der Waals surface area (Å²) in [7, 11) is -0.320. The molecule has 0 radical (unpaired) electrons. The van der Waals surface area contributed by atoms with E-state index in [2.05, 4.69) is 84.9 Å². The molecule has 1 saturated heterocycles. The molecular formula is C20H27BO2. The number of fused-ring (bicyclic) bond motifs is 1. The fourth-order valence-electron chi connectivity index (χ4n) is 3.16. The minimum absolute atomic E-state index is 0.105. The van der Waals surface area contributed by atoms with Crippen molar-refractivity contribution < 1.29 is 9.31 Å². The molecule has 0 unspecified atom stereocenters. The van der Waals surface area contributed by atoms with Gasteiger partial charge in [-0.25, -0.2) is 0 Å². The van der Waals surface area contributed by atoms with Crippen LogP contribution in [0.1, 0.15) is 54.0 Å². The molecule has 0 amide bonds. The second-order valence-corrected chi connectivity index (χ2v) is 8.59. The van der Waals surface area contributed by atoms with Crippen molar-refractivity contribution in [3.63, 3.8) is 0 Å². The second-order valence-electron chi connectivity index (χ2n) is 8.59. The first-order valence-electron chi connectivity index (χ1n) is 8.41. The fourth-order valence-corrected chi connectivity index (χ4v) is 3.16. The molecule has 1 heterocycles. The summed E-state index contributed by atoms with van der Waals surface area (Å²) >= 11 is 0. The third-order valence-corrected chi connectivity index (χ3v) is 5.27. The Bertz CT molecular complexity index is 725. The molecule has 3 rings (SSSR count). The van der Waals surface area contributed by atoms with Crippen LogP contribution in [0, 0.1) is 0 Å². The number of rotatable bonds is 1. The zero-order chi connectivity index (χ0) is 17.0. The second kappa shape index (κ2) is 5.09. The number of benzene rings is 2. The Balaban J connectivity index is 2.14. The molecular weight excluding hydrogens is 283 g/mol. The molecule has 0 N–H and O–H groups in total. The Morgan fingerprint density at radius 1 is 0.783 bits per heavy atom. The lowest BCUT2D eigenvalue weighted by Crippen LogP contribution is -2.41. The van der Waals surface area contributed by atoms with Crippen LogP contribution in [0.25, 0.3) is 10.8 Å². The van der Waals surface area contributed by atoms with Crippen molar-refractivity contribution in [3.8, 4) is 0 Å². The summed E-state index contributed by atoms with van der Waals surface area (Å²) < 4.78 is 12.5. The molecule has 0 saturated carbocycles. The highest BCUT2D eigenvalue weighted by Crippen LogP contribution is 2.37. The topological polar surface area (TPSA) is 18.5 Å². The van der Waals surface area contributed by atoms with Crippen molar-refractivity contribution in [2.75, 3.05) is 0 Å². The third-order valence-electron chi connectivity index (χ3n) is 5.27. The number of hydrogen-bond acceptors (Lipinski definition) is 2. The van der Waals surface area contributed by atoms with Crippen LogP contribution >= 0.6 is 0 Å². The van der Waals surface area contributed by atoms with E-state index in [1.165, 1.54) is 16.3 Å². The molecule has 1 aliphatic heterocycles. The van der Waals surface area contributed by atoms with Crippen LogP contribution in [0.15, 0.2) is 36.4 Å². The standard InChI is InChI=1S/C20H27BO2/c1-18(2,3)16-12-8-11-15-14(16)10-9-13-17(15)21-22-19(4,5)20(6,7)23-21/h8-13H,1-7H3. The van der Waals surface area contributed by atoms with Gasteiger partial charge < -0.3 is 9.31 Å². The third kappa shape index (κ3) is 2.70. The van der Waals surface area contributed by atoms with Gasteiger partial charge in [-0.1, -0.05) is 57.2 Å². The molecule has 3 heteroatoms. The van der Waals surface area contributed by atoms with Gasteiger partial charge in [0.1, 0.15) is 0 Å². The van der Waals surface area contributed by atoms with Crippen molar-refractivity contribution in [1.29, 1.82) is 0 Å². The van der Waals surface area contributed by atoms with Crippen LogP contribution in [-0.4, -0.2) is 18.3 Å². The van der Waals surface area contributed by atoms with Crippen molar-refractivity contribution in [1.82, 2.24) is 0 Å². The molecule has 0 aliphatic carbocycles. The molecule has 2 aromatic carbocycles. The lowest BCUT2D eigenvalue weighted by atomic mass is 9.74. The van der Waals surface area contributed by atoms with Gasteiger partial charge in [0, 0.05) is 0 Å². The summed E-state index contributed by atoms with van der Waals surface area (Å²) in [6.07, 6.45) is 0. The minimum atomic E-state index is -0.320. The van der Waals surface area contributed by atoms with E-state index in [4.69, 9.17) is 9.31 Å². The molecule has 0 aromatic heterocycles. The maximum Gasteiger partial charge on any atom is 0.495 e. The lowest BCUT2D eigenvalue weighted by Gasteiger charge is -2.32. The van der Waals surface area contributed by atoms with Gasteiger partial charge in [0.15, 0.2) is 0 Å². The summed E-state index contributed by atoms with van der Waals surface area (Å²) in [5, 5.41) is 2.51. The zero-order valence-electron chi connectivity index (χ0n) is 15.4. The first-order valence-corrected chi connectivity index (χ1v) is 8.41. The van der Waals surface area contributed by atoms with Gasteiger partial charge in [0.05, 0.1) is 11.2 Å². The van der Waals surface area contributed by atoms with Gasteiger partial charge in [0.25, 0.3) is 0 Å². The van der Waals surface area contributed by atoms with E-state index in [1.54, 1.807) is 0 Å². The van der Waals surface area contributed by atoms with Crippen LogP contribution < -0.4 is 5.46 Å². The molecule has 1 aliphatic rings. The van der Waals surface area contributed by atoms with Gasteiger partial charge in [-0.05, 0) is 54.9 Å². The number of hydrogen-bond donors (Lipinski definition) is 0. The van der Waals surface area contributed by atoms with Gasteiger partial charge in [0.2, 0.25) is 0 Å². The average Bonchev–Trinajstić information content (AvgIpc) is 2.65. The van der Waals surface area contributed by atoms with Crippen LogP contribution in [0.3, 0.4) is 0 Å². The Morgan fingerprint density at radius 3 is 1.87 bits per heavy atom. The maximum atomic E-state index is 6.26. The minimum Gasteiger partial charge on any atom is -0.399 e. The van der Waals surface area contributed by atoms with E-state index in [-0.39, 0.29) is 23.7 Å². The van der Waals surface area contributed by atoms with E-state index < -0.39 is 0 Å². The Labute approximate surface area is 140 Å². The monoisotopic (exact) mass is 310 g/mol. The summed E-state index contributed by atoms with van der Waals surface area (Å²) in [6, 6.07) is 13.0. The summed E-state index contributed by atoms with van der Waals surface area (Å²) in [5.74, 6) is 0. The first kappa shape index (κ1) is 16.5. The Morgan fingerprint density at radius 2 is 1.30 bits per heavy atom. The van der Waals surface area contributed by atoms with Crippen LogP contribution in [-0.2, 0) is 14.7 Å². The predicted octanol–water partition coefficient (Wildman–Crippen LogP) is 4.44. The van der Waals surface area contributed by atoms with Gasteiger partial charge in [-0.3, -0.25) is 0 Å². The Hall–Kier alpha value is -1.32. The molecule has 23 heavy (non-hydrogen) atoms. The summed E-state index contributed by atoms with van der Waals surface area (Å²) in [6.45, 7) is 15.1. The van der Waals surface area contributed by atoms with Crippen LogP contribution in [0.4, 0.5) is 0 Å². The molecule has 0 atom stereocenters. The van der Waals surface area contributed by atoms with E-state index >= 15 is 0 Å². The molecule has 1 fully saturated rings. The zero-order valence-corrected chi connectivity index (χ0v) is 15.4. The van der Waals surface area contributed by atoms with E-state index in [9.17, 15) is 0 Å². The van der Waals surface area contributed by atoms with E-state index in [1.807, 2.05) is 0 Å². The fraction of sp³-hybridized carbons (Fsp3) is 0.500. The first-order chi connectivity index (χ1) is 10.5. The van der Waals surface area contributed by atoms with Crippen molar-refractivity contribution in [2.45, 2.75) is 65.1 Å². The molecule has 0 bridgehead atoms. The molecule has 2 nitrogen and oxygen atoms in total. The largest absolute Gasteiger partial charge is 0.495 e. The smallest absolute Gasteiger partial charge is 0.399 e. The van der Waals surface area contributed by atoms with E-state index in [0.29, 0.717) is 0 Å². The average molecular weight is 310 g/mol. The lowest BCUT2D eigenvalue weighted by molar-refractivity contribution is 0.00578. The maximum absolute atomic E-state index is 6.26. The van der Waals surface area contributed by atoms with Crippen LogP contribution in [0.5, 0.6) is 0 Å². The highest BCUT2D eigenvalue weighted by molar-refractivity contribution is 6.65. The van der Waals surface area contributed by atoms with Crippen molar-refractivity contribution in [2.24, 2.45) is 0 Å².